The van der Waals surface area contributed by atoms with Crippen LogP contribution in [0.2, 0.25) is 0 Å². The molecule has 32 heavy (non-hydrogen) atoms. The van der Waals surface area contributed by atoms with Gasteiger partial charge in [-0.1, -0.05) is 30.0 Å². The number of carbonyl (C=O) groups is 1. The molecule has 1 aromatic heterocycles. The van der Waals surface area contributed by atoms with Crippen LogP contribution in [0.1, 0.15) is 19.3 Å². The molecule has 0 unspecified atom stereocenters. The van der Waals surface area contributed by atoms with E-state index in [0.717, 1.165) is 37.6 Å². The van der Waals surface area contributed by atoms with Crippen LogP contribution in [0, 0.1) is 0 Å². The number of rotatable bonds is 6. The molecule has 0 aliphatic carbocycles. The lowest BCUT2D eigenvalue weighted by atomic mass is 10.1. The Morgan fingerprint density at radius 3 is 2.56 bits per heavy atom. The van der Waals surface area contributed by atoms with Crippen LogP contribution in [0.25, 0.3) is 5.69 Å². The molecule has 0 spiro atoms. The summed E-state index contributed by atoms with van der Waals surface area (Å²) >= 11 is 1.38. The number of hydrogen-bond donors (Lipinski definition) is 1. The zero-order valence-corrected chi connectivity index (χ0v) is 18.5. The predicted molar refractivity (Wildman–Crippen MR) is 124 cm³/mol. The van der Waals surface area contributed by atoms with Gasteiger partial charge in [0, 0.05) is 24.8 Å². The largest absolute Gasteiger partial charge is 0.486 e. The van der Waals surface area contributed by atoms with Crippen molar-refractivity contribution in [3.05, 3.63) is 48.5 Å². The summed E-state index contributed by atoms with van der Waals surface area (Å²) in [6, 6.07) is 15.5. The highest BCUT2D eigenvalue weighted by atomic mass is 32.2. The maximum atomic E-state index is 12.6. The van der Waals surface area contributed by atoms with Gasteiger partial charge in [0.2, 0.25) is 11.9 Å². The second kappa shape index (κ2) is 9.52. The zero-order chi connectivity index (χ0) is 21.8. The van der Waals surface area contributed by atoms with Crippen LogP contribution in [0.15, 0.2) is 53.7 Å². The number of carbonyl (C=O) groups excluding carboxylic acids is 1. The van der Waals surface area contributed by atoms with Crippen LogP contribution < -0.4 is 19.7 Å². The fourth-order valence-electron chi connectivity index (χ4n) is 3.91. The molecule has 1 saturated heterocycles. The smallest absolute Gasteiger partial charge is 0.234 e. The summed E-state index contributed by atoms with van der Waals surface area (Å²) in [4.78, 5) is 14.9. The van der Waals surface area contributed by atoms with Gasteiger partial charge in [0.15, 0.2) is 16.7 Å². The van der Waals surface area contributed by atoms with Crippen molar-refractivity contribution in [2.24, 2.45) is 0 Å². The lowest BCUT2D eigenvalue weighted by Crippen LogP contribution is -2.31. The van der Waals surface area contributed by atoms with E-state index in [0.29, 0.717) is 35.6 Å². The highest BCUT2D eigenvalue weighted by Crippen LogP contribution is 2.33. The van der Waals surface area contributed by atoms with Crippen molar-refractivity contribution in [2.75, 3.05) is 42.3 Å². The third-order valence-corrected chi connectivity index (χ3v) is 6.36. The van der Waals surface area contributed by atoms with Crippen LogP contribution in [-0.4, -0.2) is 52.7 Å². The SMILES string of the molecule is O=C(CSc1nnc(N2CCCCC2)n1-c1ccccc1)Nc1ccc2c(c1)OCCO2. The Labute approximate surface area is 190 Å². The summed E-state index contributed by atoms with van der Waals surface area (Å²) in [5.74, 6) is 2.29. The Balaban J connectivity index is 1.30. The number of piperidine rings is 1. The normalized spacial score (nSPS) is 15.4. The molecule has 1 amide bonds. The molecule has 0 radical (unpaired) electrons. The minimum atomic E-state index is -0.117. The van der Waals surface area contributed by atoms with E-state index in [1.807, 2.05) is 47.0 Å². The number of benzene rings is 2. The van der Waals surface area contributed by atoms with Gasteiger partial charge < -0.3 is 19.7 Å². The second-order valence-corrected chi connectivity index (χ2v) is 8.64. The number of para-hydroxylation sites is 1. The molecular formula is C23H25N5O3S. The van der Waals surface area contributed by atoms with Gasteiger partial charge in [-0.2, -0.15) is 0 Å². The number of anilines is 2. The second-order valence-electron chi connectivity index (χ2n) is 7.70. The maximum Gasteiger partial charge on any atom is 0.234 e. The summed E-state index contributed by atoms with van der Waals surface area (Å²) < 4.78 is 13.2. The molecule has 2 aliphatic rings. The monoisotopic (exact) mass is 451 g/mol. The number of nitrogens with zero attached hydrogens (tertiary/aromatic N) is 4. The van der Waals surface area contributed by atoms with E-state index < -0.39 is 0 Å². The van der Waals surface area contributed by atoms with E-state index in [1.165, 1.54) is 18.2 Å². The summed E-state index contributed by atoms with van der Waals surface area (Å²) in [6.07, 6.45) is 3.56. The Morgan fingerprint density at radius 2 is 1.75 bits per heavy atom. The van der Waals surface area contributed by atoms with Crippen molar-refractivity contribution < 1.29 is 14.3 Å². The average molecular weight is 452 g/mol. The van der Waals surface area contributed by atoms with E-state index in [9.17, 15) is 4.79 Å². The molecule has 0 bridgehead atoms. The quantitative estimate of drug-likeness (QED) is 0.572. The summed E-state index contributed by atoms with van der Waals surface area (Å²) in [7, 11) is 0. The minimum Gasteiger partial charge on any atom is -0.486 e. The third-order valence-electron chi connectivity index (χ3n) is 5.43. The highest BCUT2D eigenvalue weighted by molar-refractivity contribution is 7.99. The first-order valence-electron chi connectivity index (χ1n) is 10.9. The number of thioether (sulfide) groups is 1. The number of aromatic nitrogens is 3. The van der Waals surface area contributed by atoms with Crippen molar-refractivity contribution in [1.29, 1.82) is 0 Å². The molecule has 8 nitrogen and oxygen atoms in total. The van der Waals surface area contributed by atoms with Gasteiger partial charge in [-0.25, -0.2) is 0 Å². The van der Waals surface area contributed by atoms with Crippen LogP contribution >= 0.6 is 11.8 Å². The van der Waals surface area contributed by atoms with Crippen LogP contribution in [0.3, 0.4) is 0 Å². The molecule has 9 heteroatoms. The van der Waals surface area contributed by atoms with Crippen molar-refractivity contribution in [1.82, 2.24) is 14.8 Å². The van der Waals surface area contributed by atoms with Crippen molar-refractivity contribution in [3.63, 3.8) is 0 Å². The van der Waals surface area contributed by atoms with Gasteiger partial charge in [0.1, 0.15) is 13.2 Å². The molecule has 166 valence electrons. The summed E-state index contributed by atoms with van der Waals surface area (Å²) in [6.45, 7) is 2.99. The molecule has 1 fully saturated rings. The number of ether oxygens (including phenoxy) is 2. The third kappa shape index (κ3) is 4.52. The fourth-order valence-corrected chi connectivity index (χ4v) is 4.65. The topological polar surface area (TPSA) is 81.5 Å². The molecule has 2 aromatic carbocycles. The van der Waals surface area contributed by atoms with Gasteiger partial charge in [-0.15, -0.1) is 10.2 Å². The van der Waals surface area contributed by atoms with Gasteiger partial charge >= 0.3 is 0 Å². The van der Waals surface area contributed by atoms with Gasteiger partial charge in [0.05, 0.1) is 11.4 Å². The van der Waals surface area contributed by atoms with E-state index in [-0.39, 0.29) is 11.7 Å². The standard InChI is InChI=1S/C23H25N5O3S/c29-21(24-17-9-10-19-20(15-17)31-14-13-30-19)16-32-23-26-25-22(27-11-5-2-6-12-27)28(23)18-7-3-1-4-8-18/h1,3-4,7-10,15H,2,5-6,11-14,16H2,(H,24,29). The van der Waals surface area contributed by atoms with Crippen molar-refractivity contribution >= 4 is 29.3 Å². The van der Waals surface area contributed by atoms with Crippen molar-refractivity contribution in [2.45, 2.75) is 24.4 Å². The summed E-state index contributed by atoms with van der Waals surface area (Å²) in [5, 5.41) is 12.5. The molecule has 0 atom stereocenters. The Kier molecular flexibility index (Phi) is 6.15. The Bertz CT molecular complexity index is 1080. The zero-order valence-electron chi connectivity index (χ0n) is 17.7. The van der Waals surface area contributed by atoms with Crippen LogP contribution in [0.4, 0.5) is 11.6 Å². The lowest BCUT2D eigenvalue weighted by Gasteiger charge is -2.27. The van der Waals surface area contributed by atoms with Gasteiger partial charge in [0.25, 0.3) is 0 Å². The molecule has 1 N–H and O–H groups in total. The predicted octanol–water partition coefficient (Wildman–Crippen LogP) is 3.76. The Morgan fingerprint density at radius 1 is 0.969 bits per heavy atom. The molecule has 0 saturated carbocycles. The molecule has 2 aliphatic heterocycles. The van der Waals surface area contributed by atoms with Crippen molar-refractivity contribution in [3.8, 4) is 17.2 Å². The van der Waals surface area contributed by atoms with E-state index in [1.54, 1.807) is 6.07 Å². The number of fused-ring (bicyclic) bond motifs is 1. The fraction of sp³-hybridized carbons (Fsp3) is 0.348. The number of amides is 1. The molecule has 5 rings (SSSR count). The lowest BCUT2D eigenvalue weighted by molar-refractivity contribution is -0.113. The first-order valence-corrected chi connectivity index (χ1v) is 11.8. The first kappa shape index (κ1) is 20.7. The van der Waals surface area contributed by atoms with Gasteiger partial charge in [-0.3, -0.25) is 9.36 Å². The molecule has 3 heterocycles. The number of hydrogen-bond acceptors (Lipinski definition) is 7. The van der Waals surface area contributed by atoms with E-state index in [2.05, 4.69) is 20.4 Å². The van der Waals surface area contributed by atoms with Crippen LogP contribution in [0.5, 0.6) is 11.5 Å². The molecule has 3 aromatic rings. The average Bonchev–Trinajstić information content (AvgIpc) is 3.28. The van der Waals surface area contributed by atoms with Gasteiger partial charge in [-0.05, 0) is 43.5 Å². The Hall–Kier alpha value is -3.20. The maximum absolute atomic E-state index is 12.6. The molecular weight excluding hydrogens is 426 g/mol. The van der Waals surface area contributed by atoms with E-state index in [4.69, 9.17) is 9.47 Å². The number of nitrogens with one attached hydrogen (secondary N) is 1. The highest BCUT2D eigenvalue weighted by Gasteiger charge is 2.22. The summed E-state index contributed by atoms with van der Waals surface area (Å²) in [5.41, 5.74) is 1.67. The van der Waals surface area contributed by atoms with E-state index >= 15 is 0 Å². The minimum absolute atomic E-state index is 0.117. The van der Waals surface area contributed by atoms with Crippen LogP contribution in [-0.2, 0) is 4.79 Å². The first-order chi connectivity index (χ1) is 15.8.